The molecule has 0 fully saturated rings. The van der Waals surface area contributed by atoms with Crippen LogP contribution < -0.4 is 10.2 Å². The number of amides is 2. The molecule has 2 unspecified atom stereocenters. The Balaban J connectivity index is 1.60. The first kappa shape index (κ1) is 17.7. The van der Waals surface area contributed by atoms with Gasteiger partial charge in [-0.3, -0.25) is 14.7 Å². The van der Waals surface area contributed by atoms with Crippen molar-refractivity contribution in [1.29, 1.82) is 0 Å². The van der Waals surface area contributed by atoms with E-state index in [9.17, 15) is 9.59 Å². The maximum absolute atomic E-state index is 13.1. The number of carbonyl (C=O) groups excluding carboxylic acids is 2. The topological polar surface area (TPSA) is 84.4 Å². The summed E-state index contributed by atoms with van der Waals surface area (Å²) in [6.07, 6.45) is 3.34. The Kier molecular flexibility index (Phi) is 4.21. The number of hydrogen-bond acceptors (Lipinski definition) is 6. The molecular formula is C21H16N4O3S. The number of thioether (sulfide) groups is 1. The van der Waals surface area contributed by atoms with E-state index in [2.05, 4.69) is 15.3 Å². The smallest absolute Gasteiger partial charge is 0.327 e. The second kappa shape index (κ2) is 6.89. The molecule has 0 spiro atoms. The van der Waals surface area contributed by atoms with Crippen LogP contribution in [0.2, 0.25) is 0 Å². The van der Waals surface area contributed by atoms with Crippen molar-refractivity contribution >= 4 is 35.1 Å². The van der Waals surface area contributed by atoms with Gasteiger partial charge >= 0.3 is 12.0 Å². The molecule has 0 radical (unpaired) electrons. The van der Waals surface area contributed by atoms with E-state index in [4.69, 9.17) is 4.74 Å². The molecule has 1 N–H and O–H groups in total. The Hall–Kier alpha value is -3.39. The zero-order chi connectivity index (χ0) is 20.0. The van der Waals surface area contributed by atoms with E-state index in [1.807, 2.05) is 36.4 Å². The normalized spacial score (nSPS) is 19.5. The number of hydrogen-bond donors (Lipinski definition) is 1. The van der Waals surface area contributed by atoms with Crippen LogP contribution in [0, 0.1) is 0 Å². The minimum absolute atomic E-state index is 0.304. The monoisotopic (exact) mass is 404 g/mol. The maximum Gasteiger partial charge on any atom is 0.327 e. The van der Waals surface area contributed by atoms with Gasteiger partial charge in [-0.15, -0.1) is 0 Å². The summed E-state index contributed by atoms with van der Waals surface area (Å²) in [4.78, 5) is 35.7. The zero-order valence-corrected chi connectivity index (χ0v) is 16.2. The van der Waals surface area contributed by atoms with Crippen LogP contribution in [0.1, 0.15) is 11.6 Å². The standard InChI is InChI=1S/C21H16N4O3S/c1-28-20(26)18-17-16-15(8-10-23-19(16)29-18)25(21(27)24-17)13-7-9-22-14(11-13)12-5-3-2-4-6-12/h2-11,17-18H,1H3,(H,24,27). The van der Waals surface area contributed by atoms with E-state index >= 15 is 0 Å². The van der Waals surface area contributed by atoms with E-state index in [0.29, 0.717) is 11.4 Å². The van der Waals surface area contributed by atoms with Gasteiger partial charge in [0, 0.05) is 23.5 Å². The lowest BCUT2D eigenvalue weighted by Crippen LogP contribution is -2.47. The minimum atomic E-state index is -0.549. The minimum Gasteiger partial charge on any atom is -0.468 e. The molecule has 144 valence electrons. The molecule has 2 aliphatic rings. The molecule has 8 heteroatoms. The SMILES string of the molecule is COC(=O)C1Sc2nccc3c2C1NC(=O)N3c1ccnc(-c2ccccc2)c1. The number of benzene rings is 1. The number of methoxy groups -OCH3 is 1. The Bertz CT molecular complexity index is 1120. The summed E-state index contributed by atoms with van der Waals surface area (Å²) >= 11 is 1.32. The number of nitrogens with one attached hydrogen (secondary N) is 1. The number of anilines is 2. The van der Waals surface area contributed by atoms with Crippen molar-refractivity contribution in [1.82, 2.24) is 15.3 Å². The number of nitrogens with zero attached hydrogens (tertiary/aromatic N) is 3. The molecule has 0 saturated carbocycles. The highest BCUT2D eigenvalue weighted by molar-refractivity contribution is 8.01. The quantitative estimate of drug-likeness (QED) is 0.670. The second-order valence-corrected chi connectivity index (χ2v) is 7.77. The molecule has 29 heavy (non-hydrogen) atoms. The van der Waals surface area contributed by atoms with Crippen molar-refractivity contribution in [2.75, 3.05) is 12.0 Å². The van der Waals surface area contributed by atoms with Crippen LogP contribution in [-0.4, -0.2) is 34.3 Å². The first-order chi connectivity index (χ1) is 14.2. The number of rotatable bonds is 3. The van der Waals surface area contributed by atoms with Crippen LogP contribution in [0.25, 0.3) is 11.3 Å². The highest BCUT2D eigenvalue weighted by Crippen LogP contribution is 2.50. The molecular weight excluding hydrogens is 388 g/mol. The summed E-state index contributed by atoms with van der Waals surface area (Å²) in [6.45, 7) is 0. The van der Waals surface area contributed by atoms with Crippen LogP contribution >= 0.6 is 11.8 Å². The highest BCUT2D eigenvalue weighted by atomic mass is 32.2. The van der Waals surface area contributed by atoms with Gasteiger partial charge in [-0.2, -0.15) is 0 Å². The van der Waals surface area contributed by atoms with Crippen LogP contribution in [0.15, 0.2) is 66.0 Å². The summed E-state index contributed by atoms with van der Waals surface area (Å²) in [7, 11) is 1.35. The molecule has 2 aromatic heterocycles. The third-order valence-corrected chi connectivity index (χ3v) is 6.28. The zero-order valence-electron chi connectivity index (χ0n) is 15.4. The molecule has 2 amide bonds. The van der Waals surface area contributed by atoms with E-state index in [1.54, 1.807) is 29.4 Å². The van der Waals surface area contributed by atoms with Gasteiger partial charge in [-0.25, -0.2) is 9.78 Å². The van der Waals surface area contributed by atoms with Crippen molar-refractivity contribution < 1.29 is 14.3 Å². The molecule has 1 aromatic carbocycles. The molecule has 0 aliphatic carbocycles. The van der Waals surface area contributed by atoms with Gasteiger partial charge in [0.1, 0.15) is 10.3 Å². The van der Waals surface area contributed by atoms with Gasteiger partial charge in [-0.05, 0) is 18.2 Å². The molecule has 5 rings (SSSR count). The van der Waals surface area contributed by atoms with Crippen LogP contribution in [0.3, 0.4) is 0 Å². The van der Waals surface area contributed by atoms with Gasteiger partial charge in [0.05, 0.1) is 30.2 Å². The van der Waals surface area contributed by atoms with Gasteiger partial charge < -0.3 is 10.1 Å². The van der Waals surface area contributed by atoms with E-state index in [0.717, 1.165) is 21.8 Å². The average molecular weight is 404 g/mol. The summed E-state index contributed by atoms with van der Waals surface area (Å²) < 4.78 is 4.91. The summed E-state index contributed by atoms with van der Waals surface area (Å²) in [6, 6.07) is 14.5. The second-order valence-electron chi connectivity index (χ2n) is 6.64. The predicted molar refractivity (Wildman–Crippen MR) is 109 cm³/mol. The fourth-order valence-electron chi connectivity index (χ4n) is 3.70. The highest BCUT2D eigenvalue weighted by Gasteiger charge is 2.47. The summed E-state index contributed by atoms with van der Waals surface area (Å²) in [5.41, 5.74) is 3.98. The molecule has 2 aliphatic heterocycles. The van der Waals surface area contributed by atoms with Crippen LogP contribution in [0.5, 0.6) is 0 Å². The predicted octanol–water partition coefficient (Wildman–Crippen LogP) is 3.69. The third-order valence-electron chi connectivity index (χ3n) is 5.01. The first-order valence-electron chi connectivity index (χ1n) is 9.03. The van der Waals surface area contributed by atoms with E-state index < -0.39 is 11.3 Å². The fraction of sp³-hybridized carbons (Fsp3) is 0.143. The van der Waals surface area contributed by atoms with E-state index in [1.165, 1.54) is 18.9 Å². The van der Waals surface area contributed by atoms with Gasteiger partial charge in [0.2, 0.25) is 0 Å². The lowest BCUT2D eigenvalue weighted by Gasteiger charge is -2.34. The molecule has 4 heterocycles. The molecule has 3 aromatic rings. The van der Waals surface area contributed by atoms with Crippen molar-refractivity contribution in [3.8, 4) is 11.3 Å². The van der Waals surface area contributed by atoms with Crippen molar-refractivity contribution in [3.63, 3.8) is 0 Å². The maximum atomic E-state index is 13.1. The number of urea groups is 1. The number of esters is 1. The number of carbonyl (C=O) groups is 2. The van der Waals surface area contributed by atoms with Crippen molar-refractivity contribution in [3.05, 3.63) is 66.5 Å². The van der Waals surface area contributed by atoms with E-state index in [-0.39, 0.29) is 12.0 Å². The molecule has 2 atom stereocenters. The summed E-state index contributed by atoms with van der Waals surface area (Å²) in [5.74, 6) is -0.382. The Labute approximate surface area is 171 Å². The molecule has 0 saturated heterocycles. The molecule has 0 bridgehead atoms. The lowest BCUT2D eigenvalue weighted by atomic mass is 10.0. The first-order valence-corrected chi connectivity index (χ1v) is 9.91. The summed E-state index contributed by atoms with van der Waals surface area (Å²) in [5, 5.41) is 3.13. The Morgan fingerprint density at radius 2 is 1.93 bits per heavy atom. The van der Waals surface area contributed by atoms with Crippen LogP contribution in [-0.2, 0) is 9.53 Å². The Morgan fingerprint density at radius 1 is 1.14 bits per heavy atom. The fourth-order valence-corrected chi connectivity index (χ4v) is 4.96. The number of ether oxygens (including phenoxy) is 1. The largest absolute Gasteiger partial charge is 0.468 e. The van der Waals surface area contributed by atoms with Crippen molar-refractivity contribution in [2.24, 2.45) is 0 Å². The van der Waals surface area contributed by atoms with Gasteiger partial charge in [0.25, 0.3) is 0 Å². The Morgan fingerprint density at radius 3 is 2.72 bits per heavy atom. The number of pyridine rings is 2. The lowest BCUT2D eigenvalue weighted by molar-refractivity contribution is -0.140. The molecule has 7 nitrogen and oxygen atoms in total. The third kappa shape index (κ3) is 2.84. The van der Waals surface area contributed by atoms with Gasteiger partial charge in [-0.1, -0.05) is 42.1 Å². The number of aromatic nitrogens is 2. The van der Waals surface area contributed by atoms with Crippen LogP contribution in [0.4, 0.5) is 16.2 Å². The average Bonchev–Trinajstić information content (AvgIpc) is 3.13. The van der Waals surface area contributed by atoms with Crippen molar-refractivity contribution in [2.45, 2.75) is 16.3 Å². The van der Waals surface area contributed by atoms with Gasteiger partial charge in [0.15, 0.2) is 0 Å².